The number of hydrogen-bond acceptors (Lipinski definition) is 5. The number of benzene rings is 1. The Bertz CT molecular complexity index is 534. The Morgan fingerprint density at radius 2 is 1.94 bits per heavy atom. The molecule has 0 atom stereocenters. The lowest BCUT2D eigenvalue weighted by atomic mass is 10.2. The maximum absolute atomic E-state index is 10.9. The van der Waals surface area contributed by atoms with Gasteiger partial charge >= 0.3 is 0 Å². The highest BCUT2D eigenvalue weighted by Gasteiger charge is 2.07. The molecule has 1 aromatic heterocycles. The number of thiazole rings is 1. The summed E-state index contributed by atoms with van der Waals surface area (Å²) >= 11 is 1.27. The van der Waals surface area contributed by atoms with Gasteiger partial charge in [-0.1, -0.05) is 11.3 Å². The zero-order valence-electron chi connectivity index (χ0n) is 9.54. The van der Waals surface area contributed by atoms with E-state index in [1.807, 2.05) is 6.92 Å². The number of anilines is 1. The van der Waals surface area contributed by atoms with Gasteiger partial charge in [-0.3, -0.25) is 4.79 Å². The van der Waals surface area contributed by atoms with Crippen LogP contribution in [0.1, 0.15) is 16.1 Å². The molecule has 96 valence electrons. The van der Waals surface area contributed by atoms with Crippen LogP contribution < -0.4 is 16.2 Å². The van der Waals surface area contributed by atoms with Crippen LogP contribution in [0, 0.1) is 6.92 Å². The second kappa shape index (κ2) is 5.70. The molecule has 0 radical (unpaired) electrons. The zero-order chi connectivity index (χ0) is 12.4. The van der Waals surface area contributed by atoms with Crippen molar-refractivity contribution in [1.29, 1.82) is 0 Å². The van der Waals surface area contributed by atoms with Crippen LogP contribution in [0.3, 0.4) is 0 Å². The van der Waals surface area contributed by atoms with Crippen molar-refractivity contribution in [2.45, 2.75) is 6.92 Å². The summed E-state index contributed by atoms with van der Waals surface area (Å²) in [6.07, 6.45) is 0. The van der Waals surface area contributed by atoms with E-state index in [1.54, 1.807) is 24.3 Å². The number of aryl methyl sites for hydroxylation is 1. The molecule has 0 aliphatic heterocycles. The number of halogens is 1. The van der Waals surface area contributed by atoms with Gasteiger partial charge in [0.15, 0.2) is 0 Å². The van der Waals surface area contributed by atoms with Gasteiger partial charge in [0.2, 0.25) is 5.91 Å². The summed E-state index contributed by atoms with van der Waals surface area (Å²) < 4.78 is 5.49. The van der Waals surface area contributed by atoms with Crippen molar-refractivity contribution in [1.82, 2.24) is 4.98 Å². The maximum Gasteiger partial charge on any atom is 0.280 e. The molecule has 5 nitrogen and oxygen atoms in total. The molecular formula is C11H12ClN3O2S. The lowest BCUT2D eigenvalue weighted by molar-refractivity contribution is 0.100. The predicted molar refractivity (Wildman–Crippen MR) is 73.5 cm³/mol. The van der Waals surface area contributed by atoms with Gasteiger partial charge < -0.3 is 16.2 Å². The van der Waals surface area contributed by atoms with Crippen molar-refractivity contribution in [2.24, 2.45) is 5.73 Å². The number of amides is 1. The van der Waals surface area contributed by atoms with Gasteiger partial charge in [0, 0.05) is 5.56 Å². The normalized spacial score (nSPS) is 9.61. The fraction of sp³-hybridized carbons (Fsp3) is 0.0909. The van der Waals surface area contributed by atoms with E-state index in [2.05, 4.69) is 4.98 Å². The minimum Gasteiger partial charge on any atom is -0.431 e. The molecule has 0 spiro atoms. The third-order valence-electron chi connectivity index (χ3n) is 2.16. The number of ether oxygens (including phenoxy) is 1. The standard InChI is InChI=1S/C11H11N3O2S.ClH/c1-6-10(13)17-11(14-6)16-8-4-2-7(3-5-8)9(12)15;/h2-5H,13H2,1H3,(H2,12,15);1H. The van der Waals surface area contributed by atoms with Crippen molar-refractivity contribution in [3.05, 3.63) is 35.5 Å². The molecule has 0 aliphatic carbocycles. The van der Waals surface area contributed by atoms with Crippen LogP contribution in [0.15, 0.2) is 24.3 Å². The third kappa shape index (κ3) is 3.12. The van der Waals surface area contributed by atoms with Gasteiger partial charge in [0.05, 0.1) is 5.69 Å². The molecule has 2 aromatic rings. The van der Waals surface area contributed by atoms with Gasteiger partial charge in [-0.15, -0.1) is 12.4 Å². The molecule has 1 aromatic carbocycles. The minimum atomic E-state index is -0.467. The Kier molecular flexibility index (Phi) is 4.52. The van der Waals surface area contributed by atoms with Gasteiger partial charge in [-0.05, 0) is 31.2 Å². The van der Waals surface area contributed by atoms with E-state index in [0.717, 1.165) is 5.69 Å². The molecule has 4 N–H and O–H groups in total. The first-order valence-electron chi connectivity index (χ1n) is 4.87. The number of nitrogens with zero attached hydrogens (tertiary/aromatic N) is 1. The Morgan fingerprint density at radius 3 is 2.39 bits per heavy atom. The third-order valence-corrected chi connectivity index (χ3v) is 3.02. The van der Waals surface area contributed by atoms with Crippen LogP contribution in [0.4, 0.5) is 5.00 Å². The number of rotatable bonds is 3. The average Bonchev–Trinajstić information content (AvgIpc) is 2.58. The first-order valence-corrected chi connectivity index (χ1v) is 5.68. The summed E-state index contributed by atoms with van der Waals surface area (Å²) in [5.41, 5.74) is 12.0. The molecule has 0 fully saturated rings. The first-order chi connectivity index (χ1) is 8.06. The molecule has 0 bridgehead atoms. The van der Waals surface area contributed by atoms with Crippen LogP contribution in [0.5, 0.6) is 10.9 Å². The molecule has 0 unspecified atom stereocenters. The molecule has 7 heteroatoms. The second-order valence-electron chi connectivity index (χ2n) is 3.42. The molecule has 0 saturated heterocycles. The summed E-state index contributed by atoms with van der Waals surface area (Å²) in [5.74, 6) is 0.120. The van der Waals surface area contributed by atoms with Crippen LogP contribution in [0.2, 0.25) is 0 Å². The van der Waals surface area contributed by atoms with Crippen molar-refractivity contribution < 1.29 is 9.53 Å². The fourth-order valence-corrected chi connectivity index (χ4v) is 1.92. The molecule has 1 heterocycles. The summed E-state index contributed by atoms with van der Waals surface area (Å²) in [5, 5.41) is 1.11. The van der Waals surface area contributed by atoms with Crippen LogP contribution in [0.25, 0.3) is 0 Å². The number of carbonyl (C=O) groups is 1. The SMILES string of the molecule is Cc1nc(Oc2ccc(C(N)=O)cc2)sc1N.Cl. The van der Waals surface area contributed by atoms with E-state index >= 15 is 0 Å². The summed E-state index contributed by atoms with van der Waals surface area (Å²) in [6.45, 7) is 1.81. The van der Waals surface area contributed by atoms with E-state index in [9.17, 15) is 4.79 Å². The van der Waals surface area contributed by atoms with Crippen LogP contribution in [-0.4, -0.2) is 10.9 Å². The zero-order valence-corrected chi connectivity index (χ0v) is 11.2. The Balaban J connectivity index is 0.00000162. The Morgan fingerprint density at radius 1 is 1.33 bits per heavy atom. The number of nitrogens with two attached hydrogens (primary N) is 2. The lowest BCUT2D eigenvalue weighted by Gasteiger charge is -2.01. The first kappa shape index (κ1) is 14.3. The quantitative estimate of drug-likeness (QED) is 0.905. The molecule has 18 heavy (non-hydrogen) atoms. The van der Waals surface area contributed by atoms with Crippen molar-refractivity contribution in [2.75, 3.05) is 5.73 Å². The largest absolute Gasteiger partial charge is 0.431 e. The van der Waals surface area contributed by atoms with E-state index < -0.39 is 5.91 Å². The van der Waals surface area contributed by atoms with E-state index in [-0.39, 0.29) is 12.4 Å². The highest BCUT2D eigenvalue weighted by molar-refractivity contribution is 7.17. The van der Waals surface area contributed by atoms with Gasteiger partial charge in [-0.25, -0.2) is 4.98 Å². The highest BCUT2D eigenvalue weighted by atomic mass is 35.5. The number of aromatic nitrogens is 1. The van der Waals surface area contributed by atoms with Crippen molar-refractivity contribution in [3.63, 3.8) is 0 Å². The summed E-state index contributed by atoms with van der Waals surface area (Å²) in [7, 11) is 0. The van der Waals surface area contributed by atoms with E-state index in [1.165, 1.54) is 11.3 Å². The van der Waals surface area contributed by atoms with E-state index in [4.69, 9.17) is 16.2 Å². The molecule has 0 saturated carbocycles. The maximum atomic E-state index is 10.9. The average molecular weight is 286 g/mol. The number of primary amides is 1. The Labute approximate surface area is 114 Å². The summed E-state index contributed by atoms with van der Waals surface area (Å²) in [4.78, 5) is 15.0. The number of nitrogen functional groups attached to an aromatic ring is 1. The monoisotopic (exact) mass is 285 g/mol. The molecule has 0 aliphatic rings. The summed E-state index contributed by atoms with van der Waals surface area (Å²) in [6, 6.07) is 6.52. The van der Waals surface area contributed by atoms with Gasteiger partial charge in [0.25, 0.3) is 5.19 Å². The molecule has 2 rings (SSSR count). The van der Waals surface area contributed by atoms with Gasteiger partial charge in [0.1, 0.15) is 10.8 Å². The van der Waals surface area contributed by atoms with Gasteiger partial charge in [-0.2, -0.15) is 0 Å². The second-order valence-corrected chi connectivity index (χ2v) is 4.41. The molecular weight excluding hydrogens is 274 g/mol. The van der Waals surface area contributed by atoms with Crippen LogP contribution in [-0.2, 0) is 0 Å². The van der Waals surface area contributed by atoms with Crippen LogP contribution >= 0.6 is 23.7 Å². The smallest absolute Gasteiger partial charge is 0.280 e. The van der Waals surface area contributed by atoms with Crippen molar-refractivity contribution >= 4 is 34.7 Å². The highest BCUT2D eigenvalue weighted by Crippen LogP contribution is 2.30. The number of carbonyl (C=O) groups excluding carboxylic acids is 1. The molecule has 1 amide bonds. The number of hydrogen-bond donors (Lipinski definition) is 2. The predicted octanol–water partition coefficient (Wildman–Crippen LogP) is 2.35. The Hall–Kier alpha value is -1.79. The lowest BCUT2D eigenvalue weighted by Crippen LogP contribution is -2.10. The topological polar surface area (TPSA) is 91.2 Å². The van der Waals surface area contributed by atoms with Crippen molar-refractivity contribution in [3.8, 4) is 10.9 Å². The fourth-order valence-electron chi connectivity index (χ4n) is 1.21. The minimum absolute atomic E-state index is 0. The van der Waals surface area contributed by atoms with E-state index in [0.29, 0.717) is 21.5 Å².